The monoisotopic (exact) mass is 507 g/mol. The van der Waals surface area contributed by atoms with Crippen molar-refractivity contribution < 1.29 is 9.59 Å². The average molecular weight is 508 g/mol. The molecule has 0 saturated heterocycles. The van der Waals surface area contributed by atoms with Crippen LogP contribution in [0.3, 0.4) is 0 Å². The van der Waals surface area contributed by atoms with Gasteiger partial charge in [0.1, 0.15) is 6.54 Å². The van der Waals surface area contributed by atoms with E-state index in [0.717, 1.165) is 34.9 Å². The highest BCUT2D eigenvalue weighted by Gasteiger charge is 2.22. The number of benzene rings is 3. The summed E-state index contributed by atoms with van der Waals surface area (Å²) in [6.45, 7) is 3.53. The second-order valence-electron chi connectivity index (χ2n) is 9.30. The SMILES string of the molecule is CCCCN(CC(=O)N(CCc1c[nH]c2ccccc12)Cc1ccccc1)C(=O)Nc1ccc(C#N)cc1. The zero-order valence-electron chi connectivity index (χ0n) is 21.7. The lowest BCUT2D eigenvalue weighted by Crippen LogP contribution is -2.45. The van der Waals surface area contributed by atoms with E-state index in [1.807, 2.05) is 59.6 Å². The molecule has 1 heterocycles. The fourth-order valence-electron chi connectivity index (χ4n) is 4.38. The van der Waals surface area contributed by atoms with Crippen LogP contribution in [0.25, 0.3) is 10.9 Å². The van der Waals surface area contributed by atoms with Crippen molar-refractivity contribution in [3.05, 3.63) is 102 Å². The molecule has 0 unspecified atom stereocenters. The molecule has 0 spiro atoms. The zero-order chi connectivity index (χ0) is 26.7. The summed E-state index contributed by atoms with van der Waals surface area (Å²) >= 11 is 0. The number of urea groups is 1. The molecule has 0 aliphatic carbocycles. The zero-order valence-corrected chi connectivity index (χ0v) is 21.7. The summed E-state index contributed by atoms with van der Waals surface area (Å²) in [5, 5.41) is 13.1. The van der Waals surface area contributed by atoms with Gasteiger partial charge < -0.3 is 20.1 Å². The molecule has 2 N–H and O–H groups in total. The second-order valence-corrected chi connectivity index (χ2v) is 9.30. The van der Waals surface area contributed by atoms with Gasteiger partial charge >= 0.3 is 6.03 Å². The Kier molecular flexibility index (Phi) is 9.14. The van der Waals surface area contributed by atoms with E-state index >= 15 is 0 Å². The molecule has 7 nitrogen and oxygen atoms in total. The number of aromatic amines is 1. The molecular formula is C31H33N5O2. The number of H-pyrrole nitrogens is 1. The van der Waals surface area contributed by atoms with Crippen molar-refractivity contribution in [1.29, 1.82) is 5.26 Å². The molecule has 0 aliphatic heterocycles. The number of unbranched alkanes of at least 4 members (excludes halogenated alkanes) is 1. The van der Waals surface area contributed by atoms with Gasteiger partial charge in [0.15, 0.2) is 0 Å². The maximum absolute atomic E-state index is 13.6. The molecular weight excluding hydrogens is 474 g/mol. The van der Waals surface area contributed by atoms with Crippen LogP contribution >= 0.6 is 0 Å². The van der Waals surface area contributed by atoms with Gasteiger partial charge in [-0.15, -0.1) is 0 Å². The molecule has 0 radical (unpaired) electrons. The second kappa shape index (κ2) is 13.1. The molecule has 0 aliphatic rings. The fraction of sp³-hybridized carbons (Fsp3) is 0.258. The largest absolute Gasteiger partial charge is 0.361 e. The number of amides is 3. The van der Waals surface area contributed by atoms with E-state index in [1.165, 1.54) is 0 Å². The fourth-order valence-corrected chi connectivity index (χ4v) is 4.38. The van der Waals surface area contributed by atoms with Gasteiger partial charge in [-0.3, -0.25) is 4.79 Å². The Hall–Kier alpha value is -4.57. The summed E-state index contributed by atoms with van der Waals surface area (Å²) < 4.78 is 0. The van der Waals surface area contributed by atoms with Crippen molar-refractivity contribution in [2.45, 2.75) is 32.7 Å². The van der Waals surface area contributed by atoms with E-state index < -0.39 is 0 Å². The van der Waals surface area contributed by atoms with Crippen LogP contribution in [0, 0.1) is 11.3 Å². The number of anilines is 1. The predicted octanol–water partition coefficient (Wildman–Crippen LogP) is 5.95. The Morgan fingerprint density at radius 3 is 2.39 bits per heavy atom. The van der Waals surface area contributed by atoms with Gasteiger partial charge in [0, 0.05) is 42.4 Å². The van der Waals surface area contributed by atoms with E-state index in [4.69, 9.17) is 5.26 Å². The Balaban J connectivity index is 1.48. The van der Waals surface area contributed by atoms with Crippen LogP contribution in [-0.2, 0) is 17.8 Å². The summed E-state index contributed by atoms with van der Waals surface area (Å²) in [7, 11) is 0. The molecule has 3 aromatic carbocycles. The summed E-state index contributed by atoms with van der Waals surface area (Å²) in [5.41, 5.74) is 4.39. The number of nitrogens with one attached hydrogen (secondary N) is 2. The van der Waals surface area contributed by atoms with Gasteiger partial charge in [-0.05, 0) is 54.3 Å². The number of rotatable bonds is 11. The molecule has 0 fully saturated rings. The third-order valence-corrected chi connectivity index (χ3v) is 6.56. The first-order valence-electron chi connectivity index (χ1n) is 13.0. The molecule has 38 heavy (non-hydrogen) atoms. The summed E-state index contributed by atoms with van der Waals surface area (Å²) in [5.74, 6) is -0.0974. The Bertz CT molecular complexity index is 1390. The first-order chi connectivity index (χ1) is 18.6. The van der Waals surface area contributed by atoms with Crippen molar-refractivity contribution in [2.75, 3.05) is 25.0 Å². The molecule has 3 amide bonds. The smallest absolute Gasteiger partial charge is 0.322 e. The van der Waals surface area contributed by atoms with E-state index in [0.29, 0.717) is 37.3 Å². The minimum absolute atomic E-state index is 0.0111. The van der Waals surface area contributed by atoms with Crippen molar-refractivity contribution in [1.82, 2.24) is 14.8 Å². The minimum atomic E-state index is -0.326. The van der Waals surface area contributed by atoms with Crippen LogP contribution < -0.4 is 5.32 Å². The van der Waals surface area contributed by atoms with Gasteiger partial charge in [-0.25, -0.2) is 4.79 Å². The first-order valence-corrected chi connectivity index (χ1v) is 13.0. The third kappa shape index (κ3) is 7.01. The number of aromatic nitrogens is 1. The molecule has 4 rings (SSSR count). The summed E-state index contributed by atoms with van der Waals surface area (Å²) in [6, 6.07) is 26.5. The molecule has 0 saturated carbocycles. The van der Waals surface area contributed by atoms with E-state index in [2.05, 4.69) is 29.4 Å². The van der Waals surface area contributed by atoms with Crippen LogP contribution in [0.15, 0.2) is 85.1 Å². The average Bonchev–Trinajstić information content (AvgIpc) is 3.37. The Labute approximate surface area is 223 Å². The quantitative estimate of drug-likeness (QED) is 0.263. The topological polar surface area (TPSA) is 92.2 Å². The van der Waals surface area contributed by atoms with Gasteiger partial charge in [-0.1, -0.05) is 61.9 Å². The maximum Gasteiger partial charge on any atom is 0.322 e. The number of hydrogen-bond donors (Lipinski definition) is 2. The minimum Gasteiger partial charge on any atom is -0.361 e. The molecule has 1 aromatic heterocycles. The van der Waals surface area contributed by atoms with Crippen LogP contribution in [0.1, 0.15) is 36.5 Å². The lowest BCUT2D eigenvalue weighted by Gasteiger charge is -2.28. The maximum atomic E-state index is 13.6. The number of nitrogens with zero attached hydrogens (tertiary/aromatic N) is 3. The normalized spacial score (nSPS) is 10.6. The Morgan fingerprint density at radius 2 is 1.66 bits per heavy atom. The Morgan fingerprint density at radius 1 is 0.921 bits per heavy atom. The van der Waals surface area contributed by atoms with E-state index in [1.54, 1.807) is 29.2 Å². The number of hydrogen-bond acceptors (Lipinski definition) is 3. The first kappa shape index (κ1) is 26.5. The van der Waals surface area contributed by atoms with Gasteiger partial charge in [-0.2, -0.15) is 5.26 Å². The number of nitriles is 1. The van der Waals surface area contributed by atoms with Gasteiger partial charge in [0.25, 0.3) is 0 Å². The third-order valence-electron chi connectivity index (χ3n) is 6.56. The highest BCUT2D eigenvalue weighted by atomic mass is 16.2. The molecule has 0 bridgehead atoms. The highest BCUT2D eigenvalue weighted by Crippen LogP contribution is 2.19. The highest BCUT2D eigenvalue weighted by molar-refractivity contribution is 5.92. The van der Waals surface area contributed by atoms with E-state index in [-0.39, 0.29) is 18.5 Å². The summed E-state index contributed by atoms with van der Waals surface area (Å²) in [6.07, 6.45) is 4.41. The van der Waals surface area contributed by atoms with Crippen molar-refractivity contribution in [3.63, 3.8) is 0 Å². The van der Waals surface area contributed by atoms with Crippen LogP contribution in [0.5, 0.6) is 0 Å². The number of fused-ring (bicyclic) bond motifs is 1. The van der Waals surface area contributed by atoms with Crippen LogP contribution in [0.4, 0.5) is 10.5 Å². The molecule has 0 atom stereocenters. The lowest BCUT2D eigenvalue weighted by molar-refractivity contribution is -0.132. The van der Waals surface area contributed by atoms with Crippen LogP contribution in [-0.4, -0.2) is 46.4 Å². The van der Waals surface area contributed by atoms with Crippen molar-refractivity contribution in [3.8, 4) is 6.07 Å². The van der Waals surface area contributed by atoms with E-state index in [9.17, 15) is 9.59 Å². The summed E-state index contributed by atoms with van der Waals surface area (Å²) in [4.78, 5) is 33.5. The molecule has 194 valence electrons. The molecule has 7 heteroatoms. The predicted molar refractivity (Wildman–Crippen MR) is 151 cm³/mol. The number of carbonyl (C=O) groups excluding carboxylic acids is 2. The van der Waals surface area contributed by atoms with Crippen molar-refractivity contribution >= 4 is 28.5 Å². The van der Waals surface area contributed by atoms with Crippen LogP contribution in [0.2, 0.25) is 0 Å². The molecule has 4 aromatic rings. The number of para-hydroxylation sites is 1. The van der Waals surface area contributed by atoms with Gasteiger partial charge in [0.05, 0.1) is 11.6 Å². The number of carbonyl (C=O) groups is 2. The van der Waals surface area contributed by atoms with Crippen molar-refractivity contribution in [2.24, 2.45) is 0 Å². The standard InChI is InChI=1S/C31H33N5O2/c1-2-3-18-36(31(38)34-27-15-13-24(20-32)14-16-27)23-30(37)35(22-25-9-5-4-6-10-25)19-17-26-21-33-29-12-8-7-11-28(26)29/h4-16,21,33H,2-3,17-19,22-23H2,1H3,(H,34,38). The lowest BCUT2D eigenvalue weighted by atomic mass is 10.1. The van der Waals surface area contributed by atoms with Gasteiger partial charge in [0.2, 0.25) is 5.91 Å².